The summed E-state index contributed by atoms with van der Waals surface area (Å²) in [6.07, 6.45) is 4.49. The van der Waals surface area contributed by atoms with Crippen molar-refractivity contribution in [3.05, 3.63) is 35.6 Å². The summed E-state index contributed by atoms with van der Waals surface area (Å²) in [5, 5.41) is 0.892. The number of carbonyl (C=O) groups is 1. The second kappa shape index (κ2) is 7.04. The summed E-state index contributed by atoms with van der Waals surface area (Å²) in [5.41, 5.74) is 0.496. The van der Waals surface area contributed by atoms with Gasteiger partial charge >= 0.3 is 0 Å². The predicted molar refractivity (Wildman–Crippen MR) is 77.9 cm³/mol. The highest BCUT2D eigenvalue weighted by Gasteiger charge is 2.28. The zero-order valence-electron chi connectivity index (χ0n) is 10.9. The summed E-state index contributed by atoms with van der Waals surface area (Å²) in [6.45, 7) is 0.767. The molecular formula is C15H19BrFNO. The molecule has 0 atom stereocenters. The molecule has 4 heteroatoms. The van der Waals surface area contributed by atoms with Crippen LogP contribution in [0.25, 0.3) is 0 Å². The third kappa shape index (κ3) is 3.78. The van der Waals surface area contributed by atoms with E-state index in [0.29, 0.717) is 11.6 Å². The lowest BCUT2D eigenvalue weighted by Gasteiger charge is -2.37. The number of halogens is 2. The molecule has 2 nitrogen and oxygen atoms in total. The summed E-state index contributed by atoms with van der Waals surface area (Å²) in [5.74, 6) is -0.236. The van der Waals surface area contributed by atoms with E-state index in [4.69, 9.17) is 0 Å². The molecule has 0 heterocycles. The Hall–Kier alpha value is -0.900. The minimum Gasteiger partial charge on any atom is -0.339 e. The molecule has 1 fully saturated rings. The summed E-state index contributed by atoms with van der Waals surface area (Å²) in [6, 6.07) is 6.90. The van der Waals surface area contributed by atoms with Crippen molar-refractivity contribution in [3.8, 4) is 0 Å². The topological polar surface area (TPSA) is 20.3 Å². The highest BCUT2D eigenvalue weighted by molar-refractivity contribution is 9.09. The number of amides is 1. The van der Waals surface area contributed by atoms with Gasteiger partial charge in [-0.25, -0.2) is 4.39 Å². The standard InChI is InChI=1S/C15H19BrFNO/c16-9-4-10-18(13-6-3-7-13)15(19)11-12-5-1-2-8-14(12)17/h1-2,5,8,13H,3-4,6-7,9-11H2. The molecule has 19 heavy (non-hydrogen) atoms. The van der Waals surface area contributed by atoms with E-state index in [1.807, 2.05) is 4.90 Å². The van der Waals surface area contributed by atoms with Crippen molar-refractivity contribution in [1.29, 1.82) is 0 Å². The summed E-state index contributed by atoms with van der Waals surface area (Å²) >= 11 is 3.40. The van der Waals surface area contributed by atoms with Crippen LogP contribution in [0.5, 0.6) is 0 Å². The first kappa shape index (κ1) is 14.5. The van der Waals surface area contributed by atoms with E-state index in [1.54, 1.807) is 18.2 Å². The maximum atomic E-state index is 13.6. The van der Waals surface area contributed by atoms with Crippen molar-refractivity contribution >= 4 is 21.8 Å². The van der Waals surface area contributed by atoms with Crippen LogP contribution in [0.1, 0.15) is 31.2 Å². The van der Waals surface area contributed by atoms with Crippen LogP contribution in [-0.4, -0.2) is 28.7 Å². The fourth-order valence-electron chi connectivity index (χ4n) is 2.35. The molecule has 1 aromatic carbocycles. The third-order valence-electron chi connectivity index (χ3n) is 3.67. The molecule has 0 radical (unpaired) electrons. The van der Waals surface area contributed by atoms with Gasteiger partial charge in [-0.3, -0.25) is 4.79 Å². The molecule has 0 bridgehead atoms. The number of nitrogens with zero attached hydrogens (tertiary/aromatic N) is 1. The van der Waals surface area contributed by atoms with E-state index in [9.17, 15) is 9.18 Å². The lowest BCUT2D eigenvalue weighted by atomic mass is 9.91. The van der Waals surface area contributed by atoms with E-state index in [0.717, 1.165) is 31.1 Å². The zero-order chi connectivity index (χ0) is 13.7. The fourth-order valence-corrected chi connectivity index (χ4v) is 2.60. The van der Waals surface area contributed by atoms with Crippen LogP contribution < -0.4 is 0 Å². The Morgan fingerprint density at radius 3 is 2.68 bits per heavy atom. The first-order valence-electron chi connectivity index (χ1n) is 6.81. The Bertz CT molecular complexity index is 434. The van der Waals surface area contributed by atoms with Gasteiger partial charge in [0, 0.05) is 17.9 Å². The fraction of sp³-hybridized carbons (Fsp3) is 0.533. The van der Waals surface area contributed by atoms with E-state index in [-0.39, 0.29) is 18.1 Å². The molecule has 0 spiro atoms. The lowest BCUT2D eigenvalue weighted by Crippen LogP contribution is -2.45. The Kier molecular flexibility index (Phi) is 5.37. The molecule has 0 aliphatic heterocycles. The van der Waals surface area contributed by atoms with Crippen LogP contribution in [-0.2, 0) is 11.2 Å². The first-order chi connectivity index (χ1) is 9.22. The summed E-state index contributed by atoms with van der Waals surface area (Å²) < 4.78 is 13.6. The molecule has 1 saturated carbocycles. The average Bonchev–Trinajstić information content (AvgIpc) is 2.34. The van der Waals surface area contributed by atoms with Crippen molar-refractivity contribution in [1.82, 2.24) is 4.90 Å². The van der Waals surface area contributed by atoms with E-state index >= 15 is 0 Å². The molecule has 0 unspecified atom stereocenters. The molecule has 1 amide bonds. The molecule has 1 aliphatic carbocycles. The van der Waals surface area contributed by atoms with Crippen LogP contribution in [0.4, 0.5) is 4.39 Å². The largest absolute Gasteiger partial charge is 0.339 e. The van der Waals surface area contributed by atoms with E-state index < -0.39 is 0 Å². The van der Waals surface area contributed by atoms with Gasteiger partial charge in [0.05, 0.1) is 6.42 Å². The third-order valence-corrected chi connectivity index (χ3v) is 4.23. The van der Waals surface area contributed by atoms with Crippen molar-refractivity contribution < 1.29 is 9.18 Å². The van der Waals surface area contributed by atoms with Crippen molar-refractivity contribution in [3.63, 3.8) is 0 Å². The normalized spacial score (nSPS) is 15.1. The maximum absolute atomic E-state index is 13.6. The zero-order valence-corrected chi connectivity index (χ0v) is 12.5. The van der Waals surface area contributed by atoms with Gasteiger partial charge in [0.1, 0.15) is 5.82 Å². The monoisotopic (exact) mass is 327 g/mol. The molecule has 2 rings (SSSR count). The Morgan fingerprint density at radius 2 is 2.11 bits per heavy atom. The van der Waals surface area contributed by atoms with Gasteiger partial charge in [-0.2, -0.15) is 0 Å². The quantitative estimate of drug-likeness (QED) is 0.732. The van der Waals surface area contributed by atoms with Crippen LogP contribution >= 0.6 is 15.9 Å². The van der Waals surface area contributed by atoms with Gasteiger partial charge in [0.2, 0.25) is 5.91 Å². The second-order valence-electron chi connectivity index (χ2n) is 4.98. The minimum atomic E-state index is -0.287. The first-order valence-corrected chi connectivity index (χ1v) is 7.93. The van der Waals surface area contributed by atoms with Gasteiger partial charge in [0.25, 0.3) is 0 Å². The lowest BCUT2D eigenvalue weighted by molar-refractivity contribution is -0.134. The second-order valence-corrected chi connectivity index (χ2v) is 5.78. The number of hydrogen-bond acceptors (Lipinski definition) is 1. The average molecular weight is 328 g/mol. The van der Waals surface area contributed by atoms with Crippen molar-refractivity contribution in [2.45, 2.75) is 38.1 Å². The van der Waals surface area contributed by atoms with Crippen LogP contribution in [0.3, 0.4) is 0 Å². The number of hydrogen-bond donors (Lipinski definition) is 0. The predicted octanol–water partition coefficient (Wildman–Crippen LogP) is 3.53. The molecule has 0 saturated heterocycles. The smallest absolute Gasteiger partial charge is 0.227 e. The van der Waals surface area contributed by atoms with E-state index in [2.05, 4.69) is 15.9 Å². The number of rotatable bonds is 6. The Balaban J connectivity index is 2.00. The summed E-state index contributed by atoms with van der Waals surface area (Å²) in [4.78, 5) is 14.3. The number of benzene rings is 1. The Morgan fingerprint density at radius 1 is 1.37 bits per heavy atom. The van der Waals surface area contributed by atoms with Crippen LogP contribution in [0.2, 0.25) is 0 Å². The molecule has 0 N–H and O–H groups in total. The summed E-state index contributed by atoms with van der Waals surface area (Å²) in [7, 11) is 0. The molecule has 1 aliphatic rings. The maximum Gasteiger partial charge on any atom is 0.227 e. The SMILES string of the molecule is O=C(Cc1ccccc1F)N(CCCBr)C1CCC1. The highest BCUT2D eigenvalue weighted by Crippen LogP contribution is 2.26. The van der Waals surface area contributed by atoms with Crippen molar-refractivity contribution in [2.24, 2.45) is 0 Å². The molecular weight excluding hydrogens is 309 g/mol. The van der Waals surface area contributed by atoms with Crippen LogP contribution in [0, 0.1) is 5.82 Å². The molecule has 1 aromatic rings. The molecule has 0 aromatic heterocycles. The molecule has 104 valence electrons. The Labute approximate surface area is 122 Å². The van der Waals surface area contributed by atoms with Crippen molar-refractivity contribution in [2.75, 3.05) is 11.9 Å². The highest BCUT2D eigenvalue weighted by atomic mass is 79.9. The number of alkyl halides is 1. The van der Waals surface area contributed by atoms with Gasteiger partial charge in [-0.05, 0) is 37.3 Å². The van der Waals surface area contributed by atoms with E-state index in [1.165, 1.54) is 12.5 Å². The van der Waals surface area contributed by atoms with Gasteiger partial charge in [-0.1, -0.05) is 34.1 Å². The van der Waals surface area contributed by atoms with Crippen LogP contribution in [0.15, 0.2) is 24.3 Å². The minimum absolute atomic E-state index is 0.0516. The van der Waals surface area contributed by atoms with Gasteiger partial charge in [-0.15, -0.1) is 0 Å². The van der Waals surface area contributed by atoms with Gasteiger partial charge < -0.3 is 4.90 Å². The number of carbonyl (C=O) groups excluding carboxylic acids is 1. The van der Waals surface area contributed by atoms with Gasteiger partial charge in [0.15, 0.2) is 0 Å².